The molecule has 0 radical (unpaired) electrons. The van der Waals surface area contributed by atoms with Crippen LogP contribution in [-0.2, 0) is 0 Å². The van der Waals surface area contributed by atoms with Crippen LogP contribution in [-0.4, -0.2) is 29.6 Å². The second-order valence-corrected chi connectivity index (χ2v) is 7.67. The Balaban J connectivity index is 2.87. The van der Waals surface area contributed by atoms with Crippen LogP contribution in [0.2, 0.25) is 0 Å². The van der Waals surface area contributed by atoms with Gasteiger partial charge in [0.1, 0.15) is 0 Å². The maximum atomic E-state index is 6.35. The molecule has 3 atom stereocenters. The first-order valence-electron chi connectivity index (χ1n) is 9.47. The first-order valence-corrected chi connectivity index (χ1v) is 9.47. The van der Waals surface area contributed by atoms with E-state index in [1.165, 1.54) is 57.9 Å². The SMILES string of the molecule is CCCCN(C(C)CC)C1(CN)CCCC(C(C)C)CC1. The third-order valence-electron chi connectivity index (χ3n) is 6.01. The molecule has 2 N–H and O–H groups in total. The third kappa shape index (κ3) is 4.96. The highest BCUT2D eigenvalue weighted by molar-refractivity contribution is 4.96. The summed E-state index contributed by atoms with van der Waals surface area (Å²) in [6.07, 6.45) is 10.6. The fourth-order valence-corrected chi connectivity index (χ4v) is 4.17. The fourth-order valence-electron chi connectivity index (χ4n) is 4.17. The zero-order valence-corrected chi connectivity index (χ0v) is 15.3. The summed E-state index contributed by atoms with van der Waals surface area (Å²) < 4.78 is 0. The molecular formula is C19H40N2. The largest absolute Gasteiger partial charge is 0.329 e. The first kappa shape index (κ1) is 19.0. The zero-order valence-electron chi connectivity index (χ0n) is 15.3. The average Bonchev–Trinajstić information content (AvgIpc) is 2.71. The molecule has 0 aliphatic heterocycles. The Kier molecular flexibility index (Phi) is 8.26. The van der Waals surface area contributed by atoms with E-state index in [2.05, 4.69) is 39.5 Å². The van der Waals surface area contributed by atoms with Crippen molar-refractivity contribution in [2.45, 2.75) is 97.6 Å². The van der Waals surface area contributed by atoms with Crippen molar-refractivity contribution in [1.82, 2.24) is 4.90 Å². The lowest BCUT2D eigenvalue weighted by Gasteiger charge is -2.47. The quantitative estimate of drug-likeness (QED) is 0.651. The van der Waals surface area contributed by atoms with Crippen LogP contribution in [0.1, 0.15) is 86.0 Å². The van der Waals surface area contributed by atoms with Gasteiger partial charge in [0.2, 0.25) is 0 Å². The number of unbranched alkanes of at least 4 members (excludes halogenated alkanes) is 1. The average molecular weight is 297 g/mol. The van der Waals surface area contributed by atoms with Crippen LogP contribution < -0.4 is 5.73 Å². The Morgan fingerprint density at radius 3 is 2.38 bits per heavy atom. The minimum Gasteiger partial charge on any atom is -0.329 e. The first-order chi connectivity index (χ1) is 10.0. The molecule has 1 fully saturated rings. The van der Waals surface area contributed by atoms with E-state index in [1.54, 1.807) is 0 Å². The van der Waals surface area contributed by atoms with Crippen LogP contribution in [0.5, 0.6) is 0 Å². The molecule has 2 nitrogen and oxygen atoms in total. The Bertz CT molecular complexity index is 277. The number of nitrogens with zero attached hydrogens (tertiary/aromatic N) is 1. The number of rotatable bonds is 8. The lowest BCUT2D eigenvalue weighted by atomic mass is 9.84. The standard InChI is InChI=1S/C19H40N2/c1-6-8-14-21(17(5)7-2)19(15-20)12-9-10-18(11-13-19)16(3)4/h16-18H,6-15,20H2,1-5H3. The van der Waals surface area contributed by atoms with E-state index in [0.717, 1.165) is 18.4 Å². The topological polar surface area (TPSA) is 29.3 Å². The van der Waals surface area contributed by atoms with Gasteiger partial charge in [0.25, 0.3) is 0 Å². The normalized spacial score (nSPS) is 28.9. The van der Waals surface area contributed by atoms with Crippen LogP contribution in [0.25, 0.3) is 0 Å². The van der Waals surface area contributed by atoms with Crippen molar-refractivity contribution in [1.29, 1.82) is 0 Å². The summed E-state index contributed by atoms with van der Waals surface area (Å²) in [7, 11) is 0. The zero-order chi connectivity index (χ0) is 15.9. The summed E-state index contributed by atoms with van der Waals surface area (Å²) in [4.78, 5) is 2.79. The molecular weight excluding hydrogens is 256 g/mol. The molecule has 0 heterocycles. The van der Waals surface area contributed by atoms with Gasteiger partial charge in [-0.1, -0.05) is 47.0 Å². The molecule has 126 valence electrons. The maximum Gasteiger partial charge on any atom is 0.0334 e. The van der Waals surface area contributed by atoms with Gasteiger partial charge < -0.3 is 5.73 Å². The predicted molar refractivity (Wildman–Crippen MR) is 94.6 cm³/mol. The van der Waals surface area contributed by atoms with Crippen molar-refractivity contribution in [3.63, 3.8) is 0 Å². The summed E-state index contributed by atoms with van der Waals surface area (Å²) >= 11 is 0. The molecule has 1 aliphatic rings. The molecule has 0 bridgehead atoms. The molecule has 1 saturated carbocycles. The molecule has 21 heavy (non-hydrogen) atoms. The summed E-state index contributed by atoms with van der Waals surface area (Å²) in [6, 6.07) is 0.663. The van der Waals surface area contributed by atoms with E-state index >= 15 is 0 Å². The smallest absolute Gasteiger partial charge is 0.0334 e. The van der Waals surface area contributed by atoms with E-state index in [4.69, 9.17) is 5.73 Å². The van der Waals surface area contributed by atoms with Crippen LogP contribution in [0, 0.1) is 11.8 Å². The molecule has 3 unspecified atom stereocenters. The van der Waals surface area contributed by atoms with Crippen molar-refractivity contribution in [2.75, 3.05) is 13.1 Å². The maximum absolute atomic E-state index is 6.35. The Labute approximate surface area is 133 Å². The molecule has 1 rings (SSSR count). The number of nitrogens with two attached hydrogens (primary N) is 1. The minimum absolute atomic E-state index is 0.272. The van der Waals surface area contributed by atoms with E-state index in [-0.39, 0.29) is 5.54 Å². The van der Waals surface area contributed by atoms with E-state index in [9.17, 15) is 0 Å². The molecule has 0 aromatic heterocycles. The molecule has 0 aromatic carbocycles. The Hall–Kier alpha value is -0.0800. The summed E-state index contributed by atoms with van der Waals surface area (Å²) in [5, 5.41) is 0. The molecule has 0 saturated heterocycles. The Morgan fingerprint density at radius 1 is 1.14 bits per heavy atom. The summed E-state index contributed by atoms with van der Waals surface area (Å²) in [5.74, 6) is 1.73. The van der Waals surface area contributed by atoms with Gasteiger partial charge in [0, 0.05) is 18.1 Å². The van der Waals surface area contributed by atoms with Gasteiger partial charge in [0.05, 0.1) is 0 Å². The van der Waals surface area contributed by atoms with Crippen molar-refractivity contribution < 1.29 is 0 Å². The lowest BCUT2D eigenvalue weighted by molar-refractivity contribution is 0.0368. The van der Waals surface area contributed by atoms with Crippen molar-refractivity contribution in [3.8, 4) is 0 Å². The van der Waals surface area contributed by atoms with Gasteiger partial charge in [-0.2, -0.15) is 0 Å². The second kappa shape index (κ2) is 9.15. The summed E-state index contributed by atoms with van der Waals surface area (Å²) in [6.45, 7) is 13.9. The molecule has 0 aromatic rings. The highest BCUT2D eigenvalue weighted by Gasteiger charge is 2.39. The number of hydrogen-bond acceptors (Lipinski definition) is 2. The van der Waals surface area contributed by atoms with Gasteiger partial charge in [-0.3, -0.25) is 4.90 Å². The summed E-state index contributed by atoms with van der Waals surface area (Å²) in [5.41, 5.74) is 6.62. The fraction of sp³-hybridized carbons (Fsp3) is 1.00. The van der Waals surface area contributed by atoms with E-state index in [0.29, 0.717) is 6.04 Å². The van der Waals surface area contributed by atoms with Crippen molar-refractivity contribution in [2.24, 2.45) is 17.6 Å². The Morgan fingerprint density at radius 2 is 1.86 bits per heavy atom. The van der Waals surface area contributed by atoms with Gasteiger partial charge >= 0.3 is 0 Å². The highest BCUT2D eigenvalue weighted by Crippen LogP contribution is 2.38. The number of hydrogen-bond donors (Lipinski definition) is 1. The van der Waals surface area contributed by atoms with Gasteiger partial charge in [-0.15, -0.1) is 0 Å². The van der Waals surface area contributed by atoms with Gasteiger partial charge in [0.15, 0.2) is 0 Å². The monoisotopic (exact) mass is 296 g/mol. The predicted octanol–water partition coefficient (Wildman–Crippen LogP) is 4.82. The van der Waals surface area contributed by atoms with E-state index in [1.807, 2.05) is 0 Å². The van der Waals surface area contributed by atoms with Crippen molar-refractivity contribution in [3.05, 3.63) is 0 Å². The van der Waals surface area contributed by atoms with Crippen LogP contribution in [0.4, 0.5) is 0 Å². The highest BCUT2D eigenvalue weighted by atomic mass is 15.2. The third-order valence-corrected chi connectivity index (χ3v) is 6.01. The molecule has 1 aliphatic carbocycles. The van der Waals surface area contributed by atoms with Crippen LogP contribution in [0.3, 0.4) is 0 Å². The molecule has 0 spiro atoms. The van der Waals surface area contributed by atoms with Crippen LogP contribution in [0.15, 0.2) is 0 Å². The van der Waals surface area contributed by atoms with Gasteiger partial charge in [-0.05, 0) is 57.4 Å². The molecule has 2 heteroatoms. The van der Waals surface area contributed by atoms with Crippen molar-refractivity contribution >= 4 is 0 Å². The molecule has 0 amide bonds. The lowest BCUT2D eigenvalue weighted by Crippen LogP contribution is -2.57. The van der Waals surface area contributed by atoms with Gasteiger partial charge in [-0.25, -0.2) is 0 Å². The van der Waals surface area contributed by atoms with E-state index < -0.39 is 0 Å². The second-order valence-electron chi connectivity index (χ2n) is 7.67. The van der Waals surface area contributed by atoms with Crippen LogP contribution >= 0.6 is 0 Å². The minimum atomic E-state index is 0.272.